The molecule has 0 unspecified atom stereocenters. The summed E-state index contributed by atoms with van der Waals surface area (Å²) in [6, 6.07) is 80.6. The van der Waals surface area contributed by atoms with Crippen LogP contribution in [-0.4, -0.2) is 0 Å². The van der Waals surface area contributed by atoms with Gasteiger partial charge in [0.2, 0.25) is 0 Å². The van der Waals surface area contributed by atoms with E-state index in [2.05, 4.69) is 223 Å². The summed E-state index contributed by atoms with van der Waals surface area (Å²) < 4.78 is 6.82. The predicted molar refractivity (Wildman–Crippen MR) is 245 cm³/mol. The van der Waals surface area contributed by atoms with E-state index in [4.69, 9.17) is 4.42 Å². The van der Waals surface area contributed by atoms with Crippen molar-refractivity contribution in [3.63, 3.8) is 0 Å². The molecule has 0 aliphatic rings. The van der Waals surface area contributed by atoms with Crippen LogP contribution >= 0.6 is 0 Å². The number of rotatable bonds is 7. The number of benzene rings is 10. The molecular formula is C56H37NO. The minimum absolute atomic E-state index is 0.853. The fourth-order valence-corrected chi connectivity index (χ4v) is 8.72. The predicted octanol–water partition coefficient (Wildman–Crippen LogP) is 16.0. The molecule has 0 aliphatic carbocycles. The van der Waals surface area contributed by atoms with Crippen LogP contribution in [0.3, 0.4) is 0 Å². The molecule has 0 saturated carbocycles. The topological polar surface area (TPSA) is 16.4 Å². The first-order valence-corrected chi connectivity index (χ1v) is 19.8. The average Bonchev–Trinajstić information content (AvgIpc) is 3.70. The number of furan rings is 1. The smallest absolute Gasteiger partial charge is 0.159 e. The summed E-state index contributed by atoms with van der Waals surface area (Å²) in [5.74, 6) is 0. The summed E-state index contributed by atoms with van der Waals surface area (Å²) >= 11 is 0. The van der Waals surface area contributed by atoms with Gasteiger partial charge in [-0.05, 0) is 85.4 Å². The first-order valence-electron chi connectivity index (χ1n) is 19.8. The summed E-state index contributed by atoms with van der Waals surface area (Å²) in [7, 11) is 0. The van der Waals surface area contributed by atoms with Crippen LogP contribution in [0.15, 0.2) is 229 Å². The number of nitrogens with zero attached hydrogens (tertiary/aromatic N) is 1. The molecule has 1 aromatic heterocycles. The molecule has 0 amide bonds. The van der Waals surface area contributed by atoms with Gasteiger partial charge in [0.05, 0.1) is 11.4 Å². The van der Waals surface area contributed by atoms with Gasteiger partial charge in [-0.2, -0.15) is 0 Å². The zero-order valence-electron chi connectivity index (χ0n) is 31.7. The maximum atomic E-state index is 6.82. The van der Waals surface area contributed by atoms with Crippen molar-refractivity contribution >= 4 is 60.5 Å². The van der Waals surface area contributed by atoms with Crippen LogP contribution in [0.2, 0.25) is 0 Å². The van der Waals surface area contributed by atoms with Crippen LogP contribution in [0.5, 0.6) is 0 Å². The van der Waals surface area contributed by atoms with Crippen LogP contribution in [0.4, 0.5) is 17.1 Å². The lowest BCUT2D eigenvalue weighted by atomic mass is 9.89. The molecule has 0 spiro atoms. The highest BCUT2D eigenvalue weighted by atomic mass is 16.3. The maximum Gasteiger partial charge on any atom is 0.159 e. The lowest BCUT2D eigenvalue weighted by molar-refractivity contribution is 0.669. The largest absolute Gasteiger partial charge is 0.454 e. The fraction of sp³-hybridized carbons (Fsp3) is 0. The van der Waals surface area contributed by atoms with E-state index in [0.717, 1.165) is 55.5 Å². The van der Waals surface area contributed by atoms with Crippen molar-refractivity contribution in [1.29, 1.82) is 0 Å². The Hall–Kier alpha value is -7.68. The standard InChI is InChI=1S/C56H37NO/c1-3-15-38(16-4-1)40-29-31-42(32-30-40)54-49-24-9-7-21-46(49)47-22-8-10-25-50(47)55(54)57(52-27-14-26-51-48-23-11-12-28-53(48)58-56(51)52)45-35-33-41(34-36-45)44-20-13-19-43(37-44)39-17-5-2-6-18-39/h1-37H. The lowest BCUT2D eigenvalue weighted by Gasteiger charge is -2.30. The second-order valence-electron chi connectivity index (χ2n) is 14.8. The van der Waals surface area contributed by atoms with Crippen LogP contribution < -0.4 is 4.90 Å². The molecule has 11 rings (SSSR count). The van der Waals surface area contributed by atoms with E-state index in [9.17, 15) is 0 Å². The monoisotopic (exact) mass is 739 g/mol. The SMILES string of the molecule is c1ccc(-c2ccc(-c3c(N(c4ccc(-c5cccc(-c6ccccc6)c5)cc4)c4cccc5c4oc4ccccc45)c4ccccc4c4ccccc34)cc2)cc1. The Morgan fingerprint density at radius 2 is 0.741 bits per heavy atom. The minimum atomic E-state index is 0.853. The van der Waals surface area contributed by atoms with Crippen molar-refractivity contribution in [2.75, 3.05) is 4.90 Å². The van der Waals surface area contributed by atoms with E-state index >= 15 is 0 Å². The van der Waals surface area contributed by atoms with Crippen molar-refractivity contribution in [3.05, 3.63) is 224 Å². The van der Waals surface area contributed by atoms with Crippen LogP contribution in [-0.2, 0) is 0 Å². The van der Waals surface area contributed by atoms with E-state index in [-0.39, 0.29) is 0 Å². The Morgan fingerprint density at radius 3 is 1.43 bits per heavy atom. The molecule has 0 bridgehead atoms. The molecule has 0 aliphatic heterocycles. The Kier molecular flexibility index (Phi) is 8.19. The average molecular weight is 740 g/mol. The van der Waals surface area contributed by atoms with Crippen molar-refractivity contribution in [3.8, 4) is 44.5 Å². The zero-order valence-corrected chi connectivity index (χ0v) is 31.7. The van der Waals surface area contributed by atoms with E-state index < -0.39 is 0 Å². The molecule has 10 aromatic carbocycles. The molecule has 2 heteroatoms. The first kappa shape index (κ1) is 33.6. The van der Waals surface area contributed by atoms with Gasteiger partial charge in [-0.25, -0.2) is 0 Å². The quantitative estimate of drug-likeness (QED) is 0.151. The molecule has 0 fully saturated rings. The second kappa shape index (κ2) is 14.1. The summed E-state index contributed by atoms with van der Waals surface area (Å²) in [5.41, 5.74) is 14.3. The van der Waals surface area contributed by atoms with Crippen LogP contribution in [0.1, 0.15) is 0 Å². The van der Waals surface area contributed by atoms with Gasteiger partial charge in [-0.1, -0.05) is 194 Å². The van der Waals surface area contributed by atoms with E-state index in [1.807, 2.05) is 6.07 Å². The molecule has 11 aromatic rings. The van der Waals surface area contributed by atoms with Crippen molar-refractivity contribution in [2.45, 2.75) is 0 Å². The zero-order chi connectivity index (χ0) is 38.4. The molecular weight excluding hydrogens is 703 g/mol. The third kappa shape index (κ3) is 5.74. The summed E-state index contributed by atoms with van der Waals surface area (Å²) in [6.07, 6.45) is 0. The number of hydrogen-bond acceptors (Lipinski definition) is 2. The Balaban J connectivity index is 1.18. The molecule has 272 valence electrons. The van der Waals surface area contributed by atoms with Crippen molar-refractivity contribution in [1.82, 2.24) is 0 Å². The highest BCUT2D eigenvalue weighted by Gasteiger charge is 2.26. The highest BCUT2D eigenvalue weighted by molar-refractivity contribution is 6.23. The van der Waals surface area contributed by atoms with Crippen molar-refractivity contribution in [2.24, 2.45) is 0 Å². The van der Waals surface area contributed by atoms with Crippen LogP contribution in [0.25, 0.3) is 88.0 Å². The second-order valence-corrected chi connectivity index (χ2v) is 14.8. The first-order chi connectivity index (χ1) is 28.8. The van der Waals surface area contributed by atoms with Gasteiger partial charge >= 0.3 is 0 Å². The van der Waals surface area contributed by atoms with E-state index in [1.165, 1.54) is 49.5 Å². The lowest BCUT2D eigenvalue weighted by Crippen LogP contribution is -2.12. The third-order valence-electron chi connectivity index (χ3n) is 11.5. The molecule has 58 heavy (non-hydrogen) atoms. The molecule has 0 radical (unpaired) electrons. The highest BCUT2D eigenvalue weighted by Crippen LogP contribution is 2.51. The number of para-hydroxylation sites is 2. The number of anilines is 3. The third-order valence-corrected chi connectivity index (χ3v) is 11.5. The summed E-state index contributed by atoms with van der Waals surface area (Å²) in [5, 5.41) is 6.98. The molecule has 0 N–H and O–H groups in total. The number of fused-ring (bicyclic) bond motifs is 6. The van der Waals surface area contributed by atoms with Gasteiger partial charge < -0.3 is 9.32 Å². The van der Waals surface area contributed by atoms with Gasteiger partial charge in [0.15, 0.2) is 5.58 Å². The molecule has 1 heterocycles. The van der Waals surface area contributed by atoms with Crippen LogP contribution in [0, 0.1) is 0 Å². The minimum Gasteiger partial charge on any atom is -0.454 e. The maximum absolute atomic E-state index is 6.82. The van der Waals surface area contributed by atoms with Gasteiger partial charge in [0, 0.05) is 27.4 Å². The fourth-order valence-electron chi connectivity index (χ4n) is 8.72. The number of hydrogen-bond donors (Lipinski definition) is 0. The Bertz CT molecular complexity index is 3250. The van der Waals surface area contributed by atoms with E-state index in [1.54, 1.807) is 0 Å². The molecule has 2 nitrogen and oxygen atoms in total. The van der Waals surface area contributed by atoms with E-state index in [0.29, 0.717) is 0 Å². The van der Waals surface area contributed by atoms with Gasteiger partial charge in [-0.15, -0.1) is 0 Å². The normalized spacial score (nSPS) is 11.4. The van der Waals surface area contributed by atoms with Gasteiger partial charge in [-0.3, -0.25) is 0 Å². The Morgan fingerprint density at radius 1 is 0.293 bits per heavy atom. The van der Waals surface area contributed by atoms with Gasteiger partial charge in [0.25, 0.3) is 0 Å². The van der Waals surface area contributed by atoms with Gasteiger partial charge in [0.1, 0.15) is 5.58 Å². The molecule has 0 saturated heterocycles. The Labute approximate surface area is 337 Å². The van der Waals surface area contributed by atoms with Crippen molar-refractivity contribution < 1.29 is 4.42 Å². The summed E-state index contributed by atoms with van der Waals surface area (Å²) in [4.78, 5) is 2.43. The summed E-state index contributed by atoms with van der Waals surface area (Å²) in [6.45, 7) is 0. The molecule has 0 atom stereocenters.